The van der Waals surface area contributed by atoms with Crippen LogP contribution >= 0.6 is 11.6 Å². The van der Waals surface area contributed by atoms with E-state index in [2.05, 4.69) is 4.98 Å². The number of fused-ring (bicyclic) bond motifs is 1. The van der Waals surface area contributed by atoms with Crippen LogP contribution in [0.3, 0.4) is 0 Å². The quantitative estimate of drug-likeness (QED) is 0.543. The Morgan fingerprint density at radius 1 is 1.33 bits per heavy atom. The molecule has 0 N–H and O–H groups in total. The third-order valence-electron chi connectivity index (χ3n) is 5.43. The third-order valence-corrected chi connectivity index (χ3v) is 5.78. The largest absolute Gasteiger partial charge is 0.492 e. The van der Waals surface area contributed by atoms with Gasteiger partial charge in [0.15, 0.2) is 5.82 Å². The SMILES string of the molecule is CCOc1cc2c(nc(OC3CCC(OC[C@H](C)CC(C)=O)CC3)n2C)c(F)c1Cl. The topological polar surface area (TPSA) is 62.6 Å². The molecular formula is C22H30ClFN2O4. The Bertz CT molecular complexity index is 893. The molecule has 1 aromatic heterocycles. The van der Waals surface area contributed by atoms with Crippen molar-refractivity contribution in [1.82, 2.24) is 9.55 Å². The molecule has 0 spiro atoms. The summed E-state index contributed by atoms with van der Waals surface area (Å²) in [6, 6.07) is 2.06. The van der Waals surface area contributed by atoms with Crippen LogP contribution in [-0.2, 0) is 16.6 Å². The maximum Gasteiger partial charge on any atom is 0.297 e. The molecule has 0 radical (unpaired) electrons. The highest BCUT2D eigenvalue weighted by atomic mass is 35.5. The zero-order valence-corrected chi connectivity index (χ0v) is 18.8. The van der Waals surface area contributed by atoms with Crippen molar-refractivity contribution in [3.63, 3.8) is 0 Å². The molecule has 0 unspecified atom stereocenters. The number of Topliss-reactive ketones (excluding diaryl/α,β-unsaturated/α-hetero) is 1. The van der Waals surface area contributed by atoms with E-state index in [0.29, 0.717) is 36.9 Å². The molecule has 0 aliphatic heterocycles. The molecule has 0 amide bonds. The number of hydrogen-bond acceptors (Lipinski definition) is 5. The van der Waals surface area contributed by atoms with Crippen LogP contribution in [0.25, 0.3) is 11.0 Å². The Kier molecular flexibility index (Phi) is 7.58. The zero-order chi connectivity index (χ0) is 21.8. The van der Waals surface area contributed by atoms with E-state index < -0.39 is 5.82 Å². The second-order valence-electron chi connectivity index (χ2n) is 8.12. The van der Waals surface area contributed by atoms with Crippen molar-refractivity contribution in [3.05, 3.63) is 16.9 Å². The molecule has 6 nitrogen and oxygen atoms in total. The Hall–Kier alpha value is -1.86. The summed E-state index contributed by atoms with van der Waals surface area (Å²) >= 11 is 6.08. The van der Waals surface area contributed by atoms with Crippen LogP contribution < -0.4 is 9.47 Å². The van der Waals surface area contributed by atoms with E-state index in [9.17, 15) is 9.18 Å². The van der Waals surface area contributed by atoms with Crippen molar-refractivity contribution in [2.45, 2.75) is 65.1 Å². The number of ether oxygens (including phenoxy) is 3. The molecule has 8 heteroatoms. The maximum absolute atomic E-state index is 14.7. The Balaban J connectivity index is 1.60. The van der Waals surface area contributed by atoms with Gasteiger partial charge in [-0.2, -0.15) is 4.98 Å². The number of carbonyl (C=O) groups excluding carboxylic acids is 1. The van der Waals surface area contributed by atoms with E-state index in [1.54, 1.807) is 24.6 Å². The van der Waals surface area contributed by atoms with Crippen molar-refractivity contribution in [2.75, 3.05) is 13.2 Å². The summed E-state index contributed by atoms with van der Waals surface area (Å²) in [4.78, 5) is 15.5. The van der Waals surface area contributed by atoms with Crippen molar-refractivity contribution in [3.8, 4) is 11.8 Å². The zero-order valence-electron chi connectivity index (χ0n) is 18.0. The first-order valence-electron chi connectivity index (χ1n) is 10.5. The second kappa shape index (κ2) is 9.96. The number of aryl methyl sites for hydroxylation is 1. The van der Waals surface area contributed by atoms with Gasteiger partial charge >= 0.3 is 0 Å². The molecule has 1 fully saturated rings. The van der Waals surface area contributed by atoms with Crippen molar-refractivity contribution in [1.29, 1.82) is 0 Å². The minimum Gasteiger partial charge on any atom is -0.492 e. The molecule has 30 heavy (non-hydrogen) atoms. The van der Waals surface area contributed by atoms with Gasteiger partial charge in [-0.05, 0) is 45.4 Å². The van der Waals surface area contributed by atoms with Gasteiger partial charge in [0, 0.05) is 26.1 Å². The number of rotatable bonds is 9. The van der Waals surface area contributed by atoms with Gasteiger partial charge < -0.3 is 19.0 Å². The van der Waals surface area contributed by atoms with Gasteiger partial charge in [-0.1, -0.05) is 18.5 Å². The predicted molar refractivity (Wildman–Crippen MR) is 114 cm³/mol. The summed E-state index contributed by atoms with van der Waals surface area (Å²) in [6.07, 6.45) is 4.18. The molecule has 1 aromatic carbocycles. The number of carbonyl (C=O) groups is 1. The fourth-order valence-corrected chi connectivity index (χ4v) is 4.10. The van der Waals surface area contributed by atoms with E-state index in [1.807, 2.05) is 13.8 Å². The molecule has 1 aliphatic carbocycles. The lowest BCUT2D eigenvalue weighted by molar-refractivity contribution is -0.118. The molecule has 0 saturated heterocycles. The molecule has 3 rings (SSSR count). The van der Waals surface area contributed by atoms with Crippen LogP contribution in [-0.4, -0.2) is 40.8 Å². The summed E-state index contributed by atoms with van der Waals surface area (Å²) in [5, 5.41) is -0.0642. The lowest BCUT2D eigenvalue weighted by atomic mass is 9.95. The van der Waals surface area contributed by atoms with Gasteiger partial charge in [-0.3, -0.25) is 4.57 Å². The van der Waals surface area contributed by atoms with Gasteiger partial charge in [0.25, 0.3) is 6.01 Å². The third kappa shape index (κ3) is 5.24. The van der Waals surface area contributed by atoms with E-state index >= 15 is 0 Å². The summed E-state index contributed by atoms with van der Waals surface area (Å²) in [7, 11) is 1.79. The number of nitrogens with zero attached hydrogens (tertiary/aromatic N) is 2. The van der Waals surface area contributed by atoms with Gasteiger partial charge in [-0.25, -0.2) is 4.39 Å². The fourth-order valence-electron chi connectivity index (χ4n) is 3.90. The van der Waals surface area contributed by atoms with Crippen molar-refractivity contribution >= 4 is 28.4 Å². The normalized spacial score (nSPS) is 20.3. The Morgan fingerprint density at radius 3 is 2.63 bits per heavy atom. The number of hydrogen-bond donors (Lipinski definition) is 0. The van der Waals surface area contributed by atoms with E-state index in [1.165, 1.54) is 0 Å². The number of benzene rings is 1. The second-order valence-corrected chi connectivity index (χ2v) is 8.50. The number of halogens is 2. The van der Waals surface area contributed by atoms with Crippen LogP contribution in [0.15, 0.2) is 6.07 Å². The van der Waals surface area contributed by atoms with E-state index in [-0.39, 0.29) is 34.4 Å². The summed E-state index contributed by atoms with van der Waals surface area (Å²) < 4.78 is 33.9. The van der Waals surface area contributed by atoms with Crippen LogP contribution in [0.5, 0.6) is 11.8 Å². The first-order chi connectivity index (χ1) is 14.3. The highest BCUT2D eigenvalue weighted by Crippen LogP contribution is 2.36. The first-order valence-corrected chi connectivity index (χ1v) is 10.9. The molecule has 1 atom stereocenters. The number of aromatic nitrogens is 2. The molecule has 166 valence electrons. The molecule has 1 saturated carbocycles. The minimum absolute atomic E-state index is 0.0000920. The van der Waals surface area contributed by atoms with Crippen molar-refractivity contribution in [2.24, 2.45) is 13.0 Å². The van der Waals surface area contributed by atoms with Gasteiger partial charge in [0.05, 0.1) is 18.2 Å². The van der Waals surface area contributed by atoms with Gasteiger partial charge in [0.2, 0.25) is 0 Å². The minimum atomic E-state index is -0.597. The van der Waals surface area contributed by atoms with Gasteiger partial charge in [-0.15, -0.1) is 0 Å². The molecule has 1 heterocycles. The van der Waals surface area contributed by atoms with Crippen LogP contribution in [0, 0.1) is 11.7 Å². The smallest absolute Gasteiger partial charge is 0.297 e. The summed E-state index contributed by atoms with van der Waals surface area (Å²) in [6.45, 7) is 6.45. The average Bonchev–Trinajstić information content (AvgIpc) is 3.01. The summed E-state index contributed by atoms with van der Waals surface area (Å²) in [5.41, 5.74) is 0.754. The Morgan fingerprint density at radius 2 is 2.00 bits per heavy atom. The molecule has 2 aromatic rings. The van der Waals surface area contributed by atoms with Crippen LogP contribution in [0.2, 0.25) is 5.02 Å². The number of ketones is 1. The highest BCUT2D eigenvalue weighted by molar-refractivity contribution is 6.33. The monoisotopic (exact) mass is 440 g/mol. The Labute approximate surface area is 181 Å². The van der Waals surface area contributed by atoms with Crippen molar-refractivity contribution < 1.29 is 23.4 Å². The lowest BCUT2D eigenvalue weighted by Gasteiger charge is -2.29. The maximum atomic E-state index is 14.7. The number of imidazole rings is 1. The standard InChI is InChI=1S/C22H30ClFN2O4/c1-5-28-18-11-17-21(20(24)19(18)23)25-22(26(17)4)30-16-8-6-15(7-9-16)29-12-13(2)10-14(3)27/h11,13,15-16H,5-10,12H2,1-4H3/t13-,15?,16?/m1/s1. The molecule has 1 aliphatic rings. The van der Waals surface area contributed by atoms with Crippen LogP contribution in [0.1, 0.15) is 52.9 Å². The average molecular weight is 441 g/mol. The fraction of sp³-hybridized carbons (Fsp3) is 0.636. The highest BCUT2D eigenvalue weighted by Gasteiger charge is 2.26. The lowest BCUT2D eigenvalue weighted by Crippen LogP contribution is -2.30. The summed E-state index contributed by atoms with van der Waals surface area (Å²) in [5.74, 6) is 0.131. The van der Waals surface area contributed by atoms with E-state index in [0.717, 1.165) is 25.7 Å². The van der Waals surface area contributed by atoms with Crippen LogP contribution in [0.4, 0.5) is 4.39 Å². The first kappa shape index (κ1) is 22.8. The predicted octanol–water partition coefficient (Wildman–Crippen LogP) is 5.09. The van der Waals surface area contributed by atoms with Gasteiger partial charge in [0.1, 0.15) is 28.2 Å². The van der Waals surface area contributed by atoms with E-state index in [4.69, 9.17) is 25.8 Å². The molecular weight excluding hydrogens is 411 g/mol. The molecule has 0 bridgehead atoms.